The maximum Gasteiger partial charge on any atom is 0.191 e. The third-order valence-electron chi connectivity index (χ3n) is 3.73. The van der Waals surface area contributed by atoms with Crippen molar-refractivity contribution in [2.24, 2.45) is 4.99 Å². The molecule has 0 aromatic heterocycles. The summed E-state index contributed by atoms with van der Waals surface area (Å²) in [4.78, 5) is 4.21. The molecule has 1 atom stereocenters. The van der Waals surface area contributed by atoms with Crippen molar-refractivity contribution in [2.75, 3.05) is 19.6 Å². The van der Waals surface area contributed by atoms with Gasteiger partial charge in [-0.1, -0.05) is 18.2 Å². The number of benzene rings is 2. The number of aliphatic hydroxyl groups excluding tert-OH is 1. The molecule has 0 amide bonds. The van der Waals surface area contributed by atoms with E-state index in [0.717, 1.165) is 18.2 Å². The Balaban J connectivity index is 1.94. The molecule has 2 aromatic carbocycles. The monoisotopic (exact) mass is 365 g/mol. The lowest BCUT2D eigenvalue weighted by molar-refractivity contribution is 0.182. The van der Waals surface area contributed by atoms with E-state index >= 15 is 0 Å². The lowest BCUT2D eigenvalue weighted by Crippen LogP contribution is -2.38. The Morgan fingerprint density at radius 2 is 1.85 bits per heavy atom. The van der Waals surface area contributed by atoms with Gasteiger partial charge in [-0.15, -0.1) is 0 Å². The van der Waals surface area contributed by atoms with Crippen molar-refractivity contribution in [1.29, 1.82) is 0 Å². The van der Waals surface area contributed by atoms with Crippen LogP contribution in [0.3, 0.4) is 0 Å². The van der Waals surface area contributed by atoms with Gasteiger partial charge in [-0.3, -0.25) is 4.99 Å². The number of nitrogens with zero attached hydrogens (tertiary/aromatic N) is 1. The number of aliphatic hydroxyl groups is 1. The summed E-state index contributed by atoms with van der Waals surface area (Å²) >= 11 is 0. The molecule has 7 heteroatoms. The number of hydrogen-bond acceptors (Lipinski definition) is 2. The van der Waals surface area contributed by atoms with E-state index in [4.69, 9.17) is 0 Å². The zero-order valence-electron chi connectivity index (χ0n) is 14.5. The summed E-state index contributed by atoms with van der Waals surface area (Å²) in [6.45, 7) is 2.74. The molecule has 0 aliphatic rings. The SMILES string of the molecule is CCNC(=NCC(O)c1ccccc1F)NCCc1cc(F)ccc1F. The predicted molar refractivity (Wildman–Crippen MR) is 95.4 cm³/mol. The topological polar surface area (TPSA) is 56.7 Å². The highest BCUT2D eigenvalue weighted by Gasteiger charge is 2.12. The second kappa shape index (κ2) is 9.82. The van der Waals surface area contributed by atoms with E-state index in [1.165, 1.54) is 12.1 Å². The Morgan fingerprint density at radius 3 is 2.58 bits per heavy atom. The number of guanidine groups is 1. The van der Waals surface area contributed by atoms with Gasteiger partial charge in [0.1, 0.15) is 23.6 Å². The van der Waals surface area contributed by atoms with Crippen molar-refractivity contribution in [2.45, 2.75) is 19.4 Å². The first-order chi connectivity index (χ1) is 12.5. The van der Waals surface area contributed by atoms with Crippen LogP contribution in [0.15, 0.2) is 47.5 Å². The molecule has 0 heterocycles. The van der Waals surface area contributed by atoms with Crippen molar-refractivity contribution in [3.63, 3.8) is 0 Å². The summed E-state index contributed by atoms with van der Waals surface area (Å²) in [5.74, 6) is -1.05. The van der Waals surface area contributed by atoms with Crippen LogP contribution in [0.25, 0.3) is 0 Å². The maximum atomic E-state index is 13.7. The Labute approximate surface area is 150 Å². The van der Waals surface area contributed by atoms with Gasteiger partial charge in [0, 0.05) is 18.7 Å². The molecule has 4 nitrogen and oxygen atoms in total. The fraction of sp³-hybridized carbons (Fsp3) is 0.316. The molecule has 0 aliphatic carbocycles. The maximum absolute atomic E-state index is 13.7. The molecule has 0 aliphatic heterocycles. The summed E-state index contributed by atoms with van der Waals surface area (Å²) in [5.41, 5.74) is 0.439. The van der Waals surface area contributed by atoms with Gasteiger partial charge in [0.25, 0.3) is 0 Å². The minimum absolute atomic E-state index is 0.0371. The second-order valence-electron chi connectivity index (χ2n) is 5.67. The van der Waals surface area contributed by atoms with E-state index in [-0.39, 0.29) is 24.1 Å². The lowest BCUT2D eigenvalue weighted by Gasteiger charge is -2.14. The van der Waals surface area contributed by atoms with Crippen molar-refractivity contribution in [3.05, 3.63) is 71.0 Å². The Bertz CT molecular complexity index is 753. The first-order valence-corrected chi connectivity index (χ1v) is 8.40. The van der Waals surface area contributed by atoms with Crippen LogP contribution < -0.4 is 10.6 Å². The Hall–Kier alpha value is -2.54. The summed E-state index contributed by atoms with van der Waals surface area (Å²) in [6, 6.07) is 9.29. The van der Waals surface area contributed by atoms with Crippen molar-refractivity contribution < 1.29 is 18.3 Å². The lowest BCUT2D eigenvalue weighted by atomic mass is 10.1. The molecule has 26 heavy (non-hydrogen) atoms. The van der Waals surface area contributed by atoms with Gasteiger partial charge in [0.05, 0.1) is 6.54 Å². The zero-order chi connectivity index (χ0) is 18.9. The Kier molecular flexibility index (Phi) is 7.47. The van der Waals surface area contributed by atoms with E-state index in [9.17, 15) is 18.3 Å². The highest BCUT2D eigenvalue weighted by Crippen LogP contribution is 2.16. The summed E-state index contributed by atoms with van der Waals surface area (Å²) in [6.07, 6.45) is -0.809. The fourth-order valence-electron chi connectivity index (χ4n) is 2.41. The molecule has 0 radical (unpaired) electrons. The highest BCUT2D eigenvalue weighted by atomic mass is 19.1. The van der Waals surface area contributed by atoms with Gasteiger partial charge in [0.2, 0.25) is 0 Å². The van der Waals surface area contributed by atoms with Crippen molar-refractivity contribution in [1.82, 2.24) is 10.6 Å². The van der Waals surface area contributed by atoms with Crippen LogP contribution in [-0.4, -0.2) is 30.7 Å². The molecule has 2 aromatic rings. The average molecular weight is 365 g/mol. The fourth-order valence-corrected chi connectivity index (χ4v) is 2.41. The van der Waals surface area contributed by atoms with E-state index < -0.39 is 23.6 Å². The van der Waals surface area contributed by atoms with E-state index in [1.807, 2.05) is 6.92 Å². The van der Waals surface area contributed by atoms with Gasteiger partial charge in [0.15, 0.2) is 5.96 Å². The molecular weight excluding hydrogens is 343 g/mol. The largest absolute Gasteiger partial charge is 0.386 e. The first-order valence-electron chi connectivity index (χ1n) is 8.40. The van der Waals surface area contributed by atoms with Gasteiger partial charge >= 0.3 is 0 Å². The van der Waals surface area contributed by atoms with Crippen LogP contribution in [0.4, 0.5) is 13.2 Å². The molecule has 140 valence electrons. The standard InChI is InChI=1S/C19H22F3N3O/c1-2-23-19(24-10-9-13-11-14(20)7-8-16(13)21)25-12-18(26)15-5-3-4-6-17(15)22/h3-8,11,18,26H,2,9-10,12H2,1H3,(H2,23,24,25). The van der Waals surface area contributed by atoms with Crippen molar-refractivity contribution in [3.8, 4) is 0 Å². The van der Waals surface area contributed by atoms with Gasteiger partial charge in [-0.25, -0.2) is 13.2 Å². The van der Waals surface area contributed by atoms with Gasteiger partial charge in [-0.05, 0) is 43.2 Å². The molecule has 0 saturated carbocycles. The number of aliphatic imine (C=N–C) groups is 1. The van der Waals surface area contributed by atoms with Crippen LogP contribution in [0.2, 0.25) is 0 Å². The predicted octanol–water partition coefficient (Wildman–Crippen LogP) is 2.94. The Morgan fingerprint density at radius 1 is 1.08 bits per heavy atom. The third kappa shape index (κ3) is 5.77. The normalized spacial score (nSPS) is 12.7. The first kappa shape index (κ1) is 19.8. The average Bonchev–Trinajstić information content (AvgIpc) is 2.62. The number of rotatable bonds is 7. The molecular formula is C19H22F3N3O. The molecule has 0 bridgehead atoms. The minimum Gasteiger partial charge on any atom is -0.386 e. The van der Waals surface area contributed by atoms with Crippen molar-refractivity contribution >= 4 is 5.96 Å². The van der Waals surface area contributed by atoms with E-state index in [1.54, 1.807) is 12.1 Å². The van der Waals surface area contributed by atoms with E-state index in [0.29, 0.717) is 19.0 Å². The molecule has 1 unspecified atom stereocenters. The van der Waals surface area contributed by atoms with E-state index in [2.05, 4.69) is 15.6 Å². The third-order valence-corrected chi connectivity index (χ3v) is 3.73. The van der Waals surface area contributed by atoms with Crippen LogP contribution in [-0.2, 0) is 6.42 Å². The molecule has 0 fully saturated rings. The smallest absolute Gasteiger partial charge is 0.191 e. The van der Waals surface area contributed by atoms with Crippen LogP contribution in [0, 0.1) is 17.5 Å². The molecule has 0 spiro atoms. The summed E-state index contributed by atoms with van der Waals surface area (Å²) in [5, 5.41) is 16.1. The van der Waals surface area contributed by atoms with Gasteiger partial charge < -0.3 is 15.7 Å². The second-order valence-corrected chi connectivity index (χ2v) is 5.67. The molecule has 0 saturated heterocycles. The van der Waals surface area contributed by atoms with Crippen LogP contribution >= 0.6 is 0 Å². The quantitative estimate of drug-likeness (QED) is 0.522. The summed E-state index contributed by atoms with van der Waals surface area (Å²) < 4.78 is 40.5. The zero-order valence-corrected chi connectivity index (χ0v) is 14.5. The molecule has 3 N–H and O–H groups in total. The number of nitrogens with one attached hydrogen (secondary N) is 2. The number of halogens is 3. The van der Waals surface area contributed by atoms with Gasteiger partial charge in [-0.2, -0.15) is 0 Å². The number of hydrogen-bond donors (Lipinski definition) is 3. The summed E-state index contributed by atoms with van der Waals surface area (Å²) in [7, 11) is 0. The van der Waals surface area contributed by atoms with Crippen LogP contribution in [0.1, 0.15) is 24.2 Å². The molecule has 2 rings (SSSR count). The highest BCUT2D eigenvalue weighted by molar-refractivity contribution is 5.79. The minimum atomic E-state index is -1.08. The van der Waals surface area contributed by atoms with Crippen LogP contribution in [0.5, 0.6) is 0 Å².